The summed E-state index contributed by atoms with van der Waals surface area (Å²) in [6.45, 7) is 1.90. The second kappa shape index (κ2) is 6.46. The van der Waals surface area contributed by atoms with Crippen LogP contribution < -0.4 is 16.4 Å². The van der Waals surface area contributed by atoms with E-state index < -0.39 is 0 Å². The van der Waals surface area contributed by atoms with Crippen LogP contribution in [0.4, 0.5) is 5.82 Å². The van der Waals surface area contributed by atoms with Crippen LogP contribution in [0.5, 0.6) is 0 Å². The van der Waals surface area contributed by atoms with Gasteiger partial charge in [-0.25, -0.2) is 9.67 Å². The van der Waals surface area contributed by atoms with Crippen molar-refractivity contribution in [2.24, 2.45) is 0 Å². The van der Waals surface area contributed by atoms with Gasteiger partial charge in [0.25, 0.3) is 11.1 Å². The Bertz CT molecular complexity index is 876. The largest absolute Gasteiger partial charge is 0.363 e. The summed E-state index contributed by atoms with van der Waals surface area (Å²) in [6, 6.07) is 4.04. The second-order valence-electron chi connectivity index (χ2n) is 7.13. The minimum Gasteiger partial charge on any atom is -0.363 e. The van der Waals surface area contributed by atoms with Crippen molar-refractivity contribution in [1.29, 1.82) is 0 Å². The van der Waals surface area contributed by atoms with Gasteiger partial charge >= 0.3 is 0 Å². The molecule has 2 fully saturated rings. The number of anilines is 1. The smallest absolute Gasteiger partial charge is 0.293 e. The summed E-state index contributed by atoms with van der Waals surface area (Å²) in [7, 11) is 0. The van der Waals surface area contributed by atoms with Gasteiger partial charge in [0.05, 0.1) is 11.7 Å². The highest BCUT2D eigenvalue weighted by Gasteiger charge is 2.27. The molecule has 0 unspecified atom stereocenters. The van der Waals surface area contributed by atoms with Crippen LogP contribution in [-0.2, 0) is 0 Å². The zero-order valence-corrected chi connectivity index (χ0v) is 14.4. The summed E-state index contributed by atoms with van der Waals surface area (Å²) in [5.41, 5.74) is 0.789. The summed E-state index contributed by atoms with van der Waals surface area (Å²) < 4.78 is 3.41. The summed E-state index contributed by atoms with van der Waals surface area (Å²) in [4.78, 5) is 28.7. The van der Waals surface area contributed by atoms with E-state index in [4.69, 9.17) is 0 Å². The molecule has 2 saturated carbocycles. The minimum atomic E-state index is -0.0425. The fourth-order valence-electron chi connectivity index (χ4n) is 3.60. The molecule has 1 N–H and O–H groups in total. The first-order valence-corrected chi connectivity index (χ1v) is 9.02. The van der Waals surface area contributed by atoms with E-state index in [1.165, 1.54) is 0 Å². The standard InChI is InChI=1S/C18H23N5O2/c1-12-2-9-16(24)23(21-12)15-5-3-13(4-6-15)20-17-18(25)22(11-10-19-17)14-7-8-14/h2,9-11,13-15H,3-8H2,1H3,(H,19,20). The predicted molar refractivity (Wildman–Crippen MR) is 94.9 cm³/mol. The minimum absolute atomic E-state index is 0.0244. The molecule has 0 bridgehead atoms. The van der Waals surface area contributed by atoms with Crippen LogP contribution in [0, 0.1) is 6.92 Å². The van der Waals surface area contributed by atoms with Crippen molar-refractivity contribution in [1.82, 2.24) is 19.3 Å². The maximum atomic E-state index is 12.5. The molecule has 2 aromatic rings. The number of nitrogens with zero attached hydrogens (tertiary/aromatic N) is 4. The molecule has 0 aliphatic heterocycles. The number of rotatable bonds is 4. The molecule has 7 nitrogen and oxygen atoms in total. The van der Waals surface area contributed by atoms with Crippen LogP contribution in [0.2, 0.25) is 0 Å². The van der Waals surface area contributed by atoms with Gasteiger partial charge in [-0.1, -0.05) is 0 Å². The Morgan fingerprint density at radius 1 is 1.04 bits per heavy atom. The van der Waals surface area contributed by atoms with Crippen LogP contribution in [0.1, 0.15) is 56.3 Å². The molecule has 132 valence electrons. The summed E-state index contributed by atoms with van der Waals surface area (Å²) in [5, 5.41) is 7.69. The van der Waals surface area contributed by atoms with Gasteiger partial charge in [0.15, 0.2) is 5.82 Å². The van der Waals surface area contributed by atoms with Crippen molar-refractivity contribution < 1.29 is 0 Å². The topological polar surface area (TPSA) is 81.8 Å². The number of hydrogen-bond donors (Lipinski definition) is 1. The van der Waals surface area contributed by atoms with E-state index >= 15 is 0 Å². The van der Waals surface area contributed by atoms with Crippen LogP contribution in [0.3, 0.4) is 0 Å². The molecule has 7 heteroatoms. The molecule has 0 amide bonds. The lowest BCUT2D eigenvalue weighted by atomic mass is 9.91. The van der Waals surface area contributed by atoms with Crippen molar-refractivity contribution in [3.8, 4) is 0 Å². The van der Waals surface area contributed by atoms with Crippen LogP contribution in [-0.4, -0.2) is 25.4 Å². The fourth-order valence-corrected chi connectivity index (χ4v) is 3.60. The summed E-state index contributed by atoms with van der Waals surface area (Å²) >= 11 is 0. The number of aromatic nitrogens is 4. The van der Waals surface area contributed by atoms with E-state index in [-0.39, 0.29) is 23.2 Å². The van der Waals surface area contributed by atoms with E-state index in [9.17, 15) is 9.59 Å². The lowest BCUT2D eigenvalue weighted by molar-refractivity contribution is 0.302. The number of nitrogens with one attached hydrogen (secondary N) is 1. The molecule has 25 heavy (non-hydrogen) atoms. The highest BCUT2D eigenvalue weighted by Crippen LogP contribution is 2.33. The zero-order chi connectivity index (χ0) is 17.4. The van der Waals surface area contributed by atoms with Crippen molar-refractivity contribution in [2.75, 3.05) is 5.32 Å². The third-order valence-corrected chi connectivity index (χ3v) is 5.15. The Morgan fingerprint density at radius 3 is 2.48 bits per heavy atom. The molecule has 4 rings (SSSR count). The Labute approximate surface area is 145 Å². The molecular formula is C18H23N5O2. The third kappa shape index (κ3) is 3.36. The van der Waals surface area contributed by atoms with Crippen LogP contribution in [0.25, 0.3) is 0 Å². The lowest BCUT2D eigenvalue weighted by Gasteiger charge is -2.29. The van der Waals surface area contributed by atoms with Gasteiger partial charge in [0.1, 0.15) is 0 Å². The highest BCUT2D eigenvalue weighted by atomic mass is 16.1. The van der Waals surface area contributed by atoms with E-state index in [1.807, 2.05) is 6.92 Å². The molecule has 0 radical (unpaired) electrons. The fraction of sp³-hybridized carbons (Fsp3) is 0.556. The van der Waals surface area contributed by atoms with Gasteiger partial charge in [-0.2, -0.15) is 5.10 Å². The van der Waals surface area contributed by atoms with Gasteiger partial charge in [-0.05, 0) is 51.5 Å². The quantitative estimate of drug-likeness (QED) is 0.920. The van der Waals surface area contributed by atoms with Gasteiger partial charge in [0, 0.05) is 30.5 Å². The molecule has 0 atom stereocenters. The number of hydrogen-bond acceptors (Lipinski definition) is 5. The Balaban J connectivity index is 1.43. The third-order valence-electron chi connectivity index (χ3n) is 5.15. The lowest BCUT2D eigenvalue weighted by Crippen LogP contribution is -2.35. The maximum absolute atomic E-state index is 12.5. The average Bonchev–Trinajstić information content (AvgIpc) is 3.45. The maximum Gasteiger partial charge on any atom is 0.293 e. The van der Waals surface area contributed by atoms with E-state index in [2.05, 4.69) is 15.4 Å². The SMILES string of the molecule is Cc1ccc(=O)n(C2CCC(Nc3nccn(C4CC4)c3=O)CC2)n1. The molecule has 2 heterocycles. The Hall–Kier alpha value is -2.44. The van der Waals surface area contributed by atoms with Crippen LogP contribution >= 0.6 is 0 Å². The van der Waals surface area contributed by atoms with Gasteiger partial charge in [-0.15, -0.1) is 0 Å². The van der Waals surface area contributed by atoms with Gasteiger partial charge in [-0.3, -0.25) is 9.59 Å². The highest BCUT2D eigenvalue weighted by molar-refractivity contribution is 5.33. The summed E-state index contributed by atoms with van der Waals surface area (Å²) in [5.74, 6) is 0.448. The average molecular weight is 341 g/mol. The van der Waals surface area contributed by atoms with E-state index in [1.54, 1.807) is 33.8 Å². The van der Waals surface area contributed by atoms with Gasteiger partial charge < -0.3 is 9.88 Å². The Morgan fingerprint density at radius 2 is 1.76 bits per heavy atom. The van der Waals surface area contributed by atoms with Gasteiger partial charge in [0.2, 0.25) is 0 Å². The molecular weight excluding hydrogens is 318 g/mol. The van der Waals surface area contributed by atoms with Crippen molar-refractivity contribution in [2.45, 2.75) is 63.6 Å². The molecule has 2 aliphatic rings. The molecule has 0 spiro atoms. The molecule has 0 saturated heterocycles. The predicted octanol–water partition coefficient (Wildman–Crippen LogP) is 2.04. The van der Waals surface area contributed by atoms with Crippen molar-refractivity contribution in [3.63, 3.8) is 0 Å². The Kier molecular flexibility index (Phi) is 4.15. The number of aryl methyl sites for hydroxylation is 1. The molecule has 2 aromatic heterocycles. The molecule has 2 aliphatic carbocycles. The van der Waals surface area contributed by atoms with Crippen LogP contribution in [0.15, 0.2) is 34.1 Å². The molecule has 0 aromatic carbocycles. The van der Waals surface area contributed by atoms with Crippen molar-refractivity contribution in [3.05, 3.63) is 50.9 Å². The first-order valence-electron chi connectivity index (χ1n) is 9.02. The zero-order valence-electron chi connectivity index (χ0n) is 14.4. The summed E-state index contributed by atoms with van der Waals surface area (Å²) in [6.07, 6.45) is 9.16. The first kappa shape index (κ1) is 16.1. The van der Waals surface area contributed by atoms with E-state index in [0.29, 0.717) is 11.9 Å². The second-order valence-corrected chi connectivity index (χ2v) is 7.13. The first-order chi connectivity index (χ1) is 12.1. The van der Waals surface area contributed by atoms with Crippen molar-refractivity contribution >= 4 is 5.82 Å². The van der Waals surface area contributed by atoms with E-state index in [0.717, 1.165) is 44.2 Å². The monoisotopic (exact) mass is 341 g/mol. The normalized spacial score (nSPS) is 23.4.